The fraction of sp³-hybridized carbons (Fsp3) is 0.412. The summed E-state index contributed by atoms with van der Waals surface area (Å²) in [5, 5.41) is 12.6. The molecule has 1 aliphatic rings. The van der Waals surface area contributed by atoms with Gasteiger partial charge in [0.15, 0.2) is 0 Å². The van der Waals surface area contributed by atoms with E-state index in [0.717, 1.165) is 12.6 Å². The lowest BCUT2D eigenvalue weighted by atomic mass is 10.1. The molecule has 0 bridgehead atoms. The second kappa shape index (κ2) is 6.24. The maximum Gasteiger partial charge on any atom is 0.341 e. The van der Waals surface area contributed by atoms with Crippen LogP contribution in [0.3, 0.4) is 0 Å². The van der Waals surface area contributed by atoms with Crippen molar-refractivity contribution in [1.29, 1.82) is 0 Å². The van der Waals surface area contributed by atoms with Gasteiger partial charge in [-0.15, -0.1) is 0 Å². The summed E-state index contributed by atoms with van der Waals surface area (Å²) in [6.07, 6.45) is 1.33. The van der Waals surface area contributed by atoms with Crippen molar-refractivity contribution >= 4 is 22.6 Å². The minimum absolute atomic E-state index is 0.0983. The van der Waals surface area contributed by atoms with Crippen molar-refractivity contribution < 1.29 is 14.3 Å². The SMILES string of the molecule is CCn1cc(C(=O)O)c(=O)c2cc(F)c(N3CCNC(C)C3)cc21. The monoisotopic (exact) mass is 333 g/mol. The molecule has 24 heavy (non-hydrogen) atoms. The number of aryl methyl sites for hydroxylation is 1. The van der Waals surface area contributed by atoms with Gasteiger partial charge in [0.1, 0.15) is 11.4 Å². The number of nitrogens with one attached hydrogen (secondary N) is 1. The second-order valence-corrected chi connectivity index (χ2v) is 6.09. The first-order chi connectivity index (χ1) is 11.4. The Morgan fingerprint density at radius 3 is 2.83 bits per heavy atom. The minimum Gasteiger partial charge on any atom is -0.477 e. The van der Waals surface area contributed by atoms with E-state index in [4.69, 9.17) is 0 Å². The number of anilines is 1. The third-order valence-electron chi connectivity index (χ3n) is 4.43. The molecular weight excluding hydrogens is 313 g/mol. The first-order valence-electron chi connectivity index (χ1n) is 8.00. The Balaban J connectivity index is 2.22. The highest BCUT2D eigenvalue weighted by molar-refractivity contribution is 5.93. The van der Waals surface area contributed by atoms with Crippen LogP contribution in [0.5, 0.6) is 0 Å². The number of rotatable bonds is 3. The number of fused-ring (bicyclic) bond motifs is 1. The van der Waals surface area contributed by atoms with Gasteiger partial charge in [-0.3, -0.25) is 4.79 Å². The van der Waals surface area contributed by atoms with Gasteiger partial charge in [-0.25, -0.2) is 9.18 Å². The zero-order valence-corrected chi connectivity index (χ0v) is 13.7. The van der Waals surface area contributed by atoms with Gasteiger partial charge >= 0.3 is 5.97 Å². The van der Waals surface area contributed by atoms with Gasteiger partial charge in [0, 0.05) is 43.8 Å². The maximum atomic E-state index is 14.6. The lowest BCUT2D eigenvalue weighted by Crippen LogP contribution is -2.49. The molecule has 7 heteroatoms. The summed E-state index contributed by atoms with van der Waals surface area (Å²) in [6.45, 7) is 6.48. The molecule has 0 aliphatic carbocycles. The predicted molar refractivity (Wildman–Crippen MR) is 90.5 cm³/mol. The number of carbonyl (C=O) groups is 1. The van der Waals surface area contributed by atoms with Crippen LogP contribution in [-0.2, 0) is 6.54 Å². The van der Waals surface area contributed by atoms with E-state index in [0.29, 0.717) is 30.8 Å². The van der Waals surface area contributed by atoms with Crippen LogP contribution in [0.15, 0.2) is 23.1 Å². The predicted octanol–water partition coefficient (Wildman–Crippen LogP) is 1.66. The number of nitrogens with zero attached hydrogens (tertiary/aromatic N) is 2. The van der Waals surface area contributed by atoms with E-state index >= 15 is 0 Å². The van der Waals surface area contributed by atoms with E-state index in [1.54, 1.807) is 10.6 Å². The Morgan fingerprint density at radius 2 is 2.21 bits per heavy atom. The fourth-order valence-corrected chi connectivity index (χ4v) is 3.21. The molecule has 1 fully saturated rings. The molecule has 3 rings (SSSR count). The minimum atomic E-state index is -1.30. The number of carboxylic acid groups (broad SMARTS) is 1. The maximum absolute atomic E-state index is 14.6. The summed E-state index contributed by atoms with van der Waals surface area (Å²) in [4.78, 5) is 25.5. The number of aromatic nitrogens is 1. The van der Waals surface area contributed by atoms with Crippen LogP contribution in [0, 0.1) is 5.82 Å². The summed E-state index contributed by atoms with van der Waals surface area (Å²) in [7, 11) is 0. The van der Waals surface area contributed by atoms with Gasteiger partial charge in [0.2, 0.25) is 5.43 Å². The molecule has 2 aromatic rings. The zero-order chi connectivity index (χ0) is 17.4. The molecule has 1 aliphatic heterocycles. The number of carboxylic acids is 1. The van der Waals surface area contributed by atoms with E-state index in [1.807, 2.05) is 18.7 Å². The molecule has 6 nitrogen and oxygen atoms in total. The van der Waals surface area contributed by atoms with Crippen molar-refractivity contribution in [2.75, 3.05) is 24.5 Å². The first kappa shape index (κ1) is 16.4. The van der Waals surface area contributed by atoms with E-state index in [1.165, 1.54) is 6.20 Å². The van der Waals surface area contributed by atoms with Crippen LogP contribution in [0.4, 0.5) is 10.1 Å². The Morgan fingerprint density at radius 1 is 1.46 bits per heavy atom. The summed E-state index contributed by atoms with van der Waals surface area (Å²) in [6, 6.07) is 3.06. The van der Waals surface area contributed by atoms with Gasteiger partial charge in [-0.05, 0) is 26.0 Å². The third kappa shape index (κ3) is 2.75. The summed E-state index contributed by atoms with van der Waals surface area (Å²) in [5.41, 5.74) is 0.00392. The molecule has 0 amide bonds. The number of benzene rings is 1. The quantitative estimate of drug-likeness (QED) is 0.893. The molecule has 1 aromatic heterocycles. The van der Waals surface area contributed by atoms with Gasteiger partial charge in [0.05, 0.1) is 11.2 Å². The standard InChI is InChI=1S/C17H20FN3O3/c1-3-20-9-12(17(23)24)16(22)11-6-13(18)15(7-14(11)20)21-5-4-19-10(2)8-21/h6-7,9-10,19H,3-5,8H2,1-2H3,(H,23,24). The first-order valence-corrected chi connectivity index (χ1v) is 8.00. The topological polar surface area (TPSA) is 74.6 Å². The number of hydrogen-bond donors (Lipinski definition) is 2. The zero-order valence-electron chi connectivity index (χ0n) is 13.7. The molecule has 1 saturated heterocycles. The highest BCUT2D eigenvalue weighted by Crippen LogP contribution is 2.26. The largest absolute Gasteiger partial charge is 0.477 e. The van der Waals surface area contributed by atoms with Crippen LogP contribution in [0.2, 0.25) is 0 Å². The number of hydrogen-bond acceptors (Lipinski definition) is 4. The molecule has 128 valence electrons. The molecule has 0 saturated carbocycles. The molecule has 1 unspecified atom stereocenters. The fourth-order valence-electron chi connectivity index (χ4n) is 3.21. The molecule has 2 N–H and O–H groups in total. The molecule has 0 radical (unpaired) electrons. The van der Waals surface area contributed by atoms with Crippen LogP contribution in [-0.4, -0.2) is 41.3 Å². The van der Waals surface area contributed by atoms with Crippen molar-refractivity contribution in [3.8, 4) is 0 Å². The molecule has 0 spiro atoms. The average molecular weight is 333 g/mol. The van der Waals surface area contributed by atoms with Crippen LogP contribution in [0.25, 0.3) is 10.9 Å². The highest BCUT2D eigenvalue weighted by atomic mass is 19.1. The summed E-state index contributed by atoms with van der Waals surface area (Å²) in [5.74, 6) is -1.80. The van der Waals surface area contributed by atoms with Crippen molar-refractivity contribution in [1.82, 2.24) is 9.88 Å². The van der Waals surface area contributed by atoms with Crippen molar-refractivity contribution in [2.24, 2.45) is 0 Å². The number of pyridine rings is 1. The van der Waals surface area contributed by atoms with Crippen molar-refractivity contribution in [3.05, 3.63) is 39.9 Å². The van der Waals surface area contributed by atoms with E-state index < -0.39 is 17.2 Å². The van der Waals surface area contributed by atoms with Crippen molar-refractivity contribution in [2.45, 2.75) is 26.4 Å². The Hall–Kier alpha value is -2.41. The molecule has 2 heterocycles. The normalized spacial score (nSPS) is 18.1. The number of piperazine rings is 1. The molecule has 1 atom stereocenters. The summed E-state index contributed by atoms with van der Waals surface area (Å²) < 4.78 is 16.3. The lowest BCUT2D eigenvalue weighted by Gasteiger charge is -2.34. The van der Waals surface area contributed by atoms with Crippen molar-refractivity contribution in [3.63, 3.8) is 0 Å². The lowest BCUT2D eigenvalue weighted by molar-refractivity contribution is 0.0695. The molecule has 1 aromatic carbocycles. The smallest absolute Gasteiger partial charge is 0.341 e. The van der Waals surface area contributed by atoms with Crippen LogP contribution < -0.4 is 15.6 Å². The van der Waals surface area contributed by atoms with Gasteiger partial charge in [-0.2, -0.15) is 0 Å². The van der Waals surface area contributed by atoms with Gasteiger partial charge < -0.3 is 19.9 Å². The summed E-state index contributed by atoms with van der Waals surface area (Å²) >= 11 is 0. The average Bonchev–Trinajstić information content (AvgIpc) is 2.55. The highest BCUT2D eigenvalue weighted by Gasteiger charge is 2.22. The van der Waals surface area contributed by atoms with Crippen LogP contribution in [0.1, 0.15) is 24.2 Å². The Kier molecular flexibility index (Phi) is 4.28. The third-order valence-corrected chi connectivity index (χ3v) is 4.43. The van der Waals surface area contributed by atoms with Gasteiger partial charge in [-0.1, -0.05) is 0 Å². The van der Waals surface area contributed by atoms with E-state index in [9.17, 15) is 19.1 Å². The van der Waals surface area contributed by atoms with Crippen LogP contribution >= 0.6 is 0 Å². The van der Waals surface area contributed by atoms with E-state index in [2.05, 4.69) is 5.32 Å². The number of halogens is 1. The number of aromatic carboxylic acids is 1. The van der Waals surface area contributed by atoms with Gasteiger partial charge in [0.25, 0.3) is 0 Å². The Bertz CT molecular complexity index is 862. The van der Waals surface area contributed by atoms with E-state index in [-0.39, 0.29) is 17.0 Å². The molecular formula is C17H20FN3O3. The second-order valence-electron chi connectivity index (χ2n) is 6.09. The Labute approximate surface area is 138 Å².